The second kappa shape index (κ2) is 13.0. The molecule has 0 heterocycles. The van der Waals surface area contributed by atoms with Crippen LogP contribution in [0.2, 0.25) is 0 Å². The summed E-state index contributed by atoms with van der Waals surface area (Å²) >= 11 is 0. The molecule has 1 aromatic rings. The van der Waals surface area contributed by atoms with Crippen LogP contribution in [0.15, 0.2) is 18.2 Å². The van der Waals surface area contributed by atoms with Crippen molar-refractivity contribution < 1.29 is 9.47 Å². The molecule has 2 radical (unpaired) electrons. The third-order valence-corrected chi connectivity index (χ3v) is 4.03. The smallest absolute Gasteiger partial charge is 0.127 e. The van der Waals surface area contributed by atoms with Gasteiger partial charge in [0.2, 0.25) is 0 Å². The van der Waals surface area contributed by atoms with Crippen molar-refractivity contribution in [2.75, 3.05) is 13.7 Å². The van der Waals surface area contributed by atoms with E-state index in [0.717, 1.165) is 24.3 Å². The fraction of sp³-hybridized carbons (Fsp3) is 0.619. The highest BCUT2D eigenvalue weighted by Gasteiger charge is 2.01. The number of hydrogen-bond donors (Lipinski definition) is 0. The molecule has 0 bridgehead atoms. The molecular formula is C21H32O2. The average molecular weight is 316 g/mol. The Balaban J connectivity index is 2.02. The Morgan fingerprint density at radius 2 is 1.61 bits per heavy atom. The molecule has 23 heavy (non-hydrogen) atoms. The quantitative estimate of drug-likeness (QED) is 0.300. The zero-order valence-electron chi connectivity index (χ0n) is 14.9. The Kier molecular flexibility index (Phi) is 11.1. The second-order valence-electron chi connectivity index (χ2n) is 6.04. The van der Waals surface area contributed by atoms with E-state index < -0.39 is 0 Å². The lowest BCUT2D eigenvalue weighted by Gasteiger charge is -2.08. The Morgan fingerprint density at radius 3 is 2.22 bits per heavy atom. The maximum Gasteiger partial charge on any atom is 0.127 e. The van der Waals surface area contributed by atoms with Gasteiger partial charge in [0.25, 0.3) is 0 Å². The van der Waals surface area contributed by atoms with Gasteiger partial charge in [0.1, 0.15) is 11.5 Å². The van der Waals surface area contributed by atoms with Crippen molar-refractivity contribution in [1.82, 2.24) is 0 Å². The van der Waals surface area contributed by atoms with E-state index in [9.17, 15) is 0 Å². The summed E-state index contributed by atoms with van der Waals surface area (Å²) < 4.78 is 10.8. The summed E-state index contributed by atoms with van der Waals surface area (Å²) in [6.45, 7) is 8.75. The van der Waals surface area contributed by atoms with Crippen LogP contribution in [0.4, 0.5) is 0 Å². The van der Waals surface area contributed by atoms with Gasteiger partial charge in [-0.05, 0) is 25.1 Å². The molecule has 0 aliphatic heterocycles. The number of unbranched alkanes of at least 4 members (excludes halogenated alkanes) is 9. The largest absolute Gasteiger partial charge is 0.496 e. The molecule has 0 unspecified atom stereocenters. The average Bonchev–Trinajstić information content (AvgIpc) is 2.59. The normalized spacial score (nSPS) is 10.5. The van der Waals surface area contributed by atoms with Gasteiger partial charge in [0.05, 0.1) is 13.7 Å². The zero-order chi connectivity index (χ0) is 16.8. The third kappa shape index (κ3) is 9.32. The van der Waals surface area contributed by atoms with Crippen LogP contribution in [0.5, 0.6) is 5.75 Å². The van der Waals surface area contributed by atoms with Gasteiger partial charge in [0.15, 0.2) is 0 Å². The minimum atomic E-state index is 0.405. The minimum Gasteiger partial charge on any atom is -0.496 e. The zero-order valence-corrected chi connectivity index (χ0v) is 14.9. The van der Waals surface area contributed by atoms with Crippen LogP contribution >= 0.6 is 0 Å². The summed E-state index contributed by atoms with van der Waals surface area (Å²) in [5.74, 6) is 1.14. The number of benzene rings is 1. The van der Waals surface area contributed by atoms with Gasteiger partial charge >= 0.3 is 0 Å². The van der Waals surface area contributed by atoms with Gasteiger partial charge in [-0.15, -0.1) is 0 Å². The van der Waals surface area contributed by atoms with Crippen molar-refractivity contribution in [1.29, 1.82) is 0 Å². The van der Waals surface area contributed by atoms with Crippen molar-refractivity contribution in [3.8, 4) is 5.75 Å². The molecule has 1 aromatic carbocycles. The molecule has 0 aliphatic rings. The second-order valence-corrected chi connectivity index (χ2v) is 6.04. The van der Waals surface area contributed by atoms with Crippen LogP contribution in [-0.4, -0.2) is 13.7 Å². The van der Waals surface area contributed by atoms with Gasteiger partial charge in [-0.2, -0.15) is 0 Å². The Morgan fingerprint density at radius 1 is 1.00 bits per heavy atom. The van der Waals surface area contributed by atoms with Crippen molar-refractivity contribution in [2.45, 2.75) is 71.1 Å². The first kappa shape index (κ1) is 19.6. The van der Waals surface area contributed by atoms with Gasteiger partial charge in [0, 0.05) is 11.6 Å². The Labute approximate surface area is 142 Å². The van der Waals surface area contributed by atoms with Crippen LogP contribution in [-0.2, 0) is 4.74 Å². The van der Waals surface area contributed by atoms with Crippen molar-refractivity contribution in [3.05, 3.63) is 36.4 Å². The van der Waals surface area contributed by atoms with Gasteiger partial charge in [-0.1, -0.05) is 70.8 Å². The molecule has 128 valence electrons. The molecule has 0 saturated heterocycles. The molecule has 1 rings (SSSR count). The predicted molar refractivity (Wildman–Crippen MR) is 97.3 cm³/mol. The van der Waals surface area contributed by atoms with E-state index in [1.54, 1.807) is 7.11 Å². The molecule has 0 N–H and O–H groups in total. The molecule has 2 heteroatoms. The number of hydrogen-bond acceptors (Lipinski definition) is 2. The predicted octanol–water partition coefficient (Wildman–Crippen LogP) is 6.21. The van der Waals surface area contributed by atoms with Crippen LogP contribution in [0, 0.1) is 12.6 Å². The molecule has 0 aliphatic carbocycles. The molecule has 0 fully saturated rings. The van der Waals surface area contributed by atoms with Gasteiger partial charge < -0.3 is 9.47 Å². The molecule has 0 spiro atoms. The van der Waals surface area contributed by atoms with Crippen LogP contribution in [0.1, 0.15) is 76.7 Å². The molecule has 2 nitrogen and oxygen atoms in total. The fourth-order valence-corrected chi connectivity index (χ4v) is 2.57. The van der Waals surface area contributed by atoms with E-state index in [-0.39, 0.29) is 0 Å². The summed E-state index contributed by atoms with van der Waals surface area (Å²) in [5.41, 5.74) is 0.837. The van der Waals surface area contributed by atoms with Crippen molar-refractivity contribution >= 4 is 5.76 Å². The highest BCUT2D eigenvalue weighted by Crippen LogP contribution is 2.19. The van der Waals surface area contributed by atoms with Gasteiger partial charge in [-0.25, -0.2) is 0 Å². The first-order valence-corrected chi connectivity index (χ1v) is 9.09. The lowest BCUT2D eigenvalue weighted by atomic mass is 10.1. The van der Waals surface area contributed by atoms with E-state index in [2.05, 4.69) is 13.0 Å². The van der Waals surface area contributed by atoms with E-state index in [0.29, 0.717) is 5.76 Å². The van der Waals surface area contributed by atoms with Crippen LogP contribution in [0.25, 0.3) is 5.76 Å². The van der Waals surface area contributed by atoms with E-state index in [4.69, 9.17) is 16.1 Å². The van der Waals surface area contributed by atoms with Crippen molar-refractivity contribution in [3.63, 3.8) is 0 Å². The van der Waals surface area contributed by atoms with E-state index in [1.165, 1.54) is 57.8 Å². The van der Waals surface area contributed by atoms with E-state index >= 15 is 0 Å². The summed E-state index contributed by atoms with van der Waals surface area (Å²) in [7, 11) is 1.57. The van der Waals surface area contributed by atoms with Crippen molar-refractivity contribution in [2.24, 2.45) is 0 Å². The summed E-state index contributed by atoms with van der Waals surface area (Å²) in [4.78, 5) is 0. The third-order valence-electron chi connectivity index (χ3n) is 4.03. The fourth-order valence-electron chi connectivity index (χ4n) is 2.57. The topological polar surface area (TPSA) is 18.5 Å². The Bertz CT molecular complexity index is 426. The summed E-state index contributed by atoms with van der Waals surface area (Å²) in [5, 5.41) is 0. The first-order chi connectivity index (χ1) is 11.3. The standard InChI is InChI=1S/C21H32O2/c1-4-5-6-7-8-9-10-11-12-13-17-23-21-16-14-15-20(18-21)19(2)22-3/h2,14-15,18H,4-13,17H2,1,3H3. The molecule has 0 amide bonds. The maximum absolute atomic E-state index is 5.75. The van der Waals surface area contributed by atoms with Crippen LogP contribution < -0.4 is 4.74 Å². The van der Waals surface area contributed by atoms with E-state index in [1.807, 2.05) is 18.2 Å². The minimum absolute atomic E-state index is 0.405. The lowest BCUT2D eigenvalue weighted by molar-refractivity contribution is 0.303. The number of methoxy groups -OCH3 is 1. The SMILES string of the molecule is [CH]=C(OC)c1cc[c]c(OCCCCCCCCCCCC)c1. The van der Waals surface area contributed by atoms with Gasteiger partial charge in [-0.3, -0.25) is 0 Å². The molecule has 0 aromatic heterocycles. The lowest BCUT2D eigenvalue weighted by Crippen LogP contribution is -1.98. The summed E-state index contributed by atoms with van der Waals surface area (Å²) in [6.07, 6.45) is 13.3. The number of rotatable bonds is 14. The Hall–Kier alpha value is -1.44. The highest BCUT2D eigenvalue weighted by molar-refractivity contribution is 5.57. The first-order valence-electron chi connectivity index (χ1n) is 9.09. The molecule has 0 saturated carbocycles. The summed E-state index contributed by atoms with van der Waals surface area (Å²) in [6, 6.07) is 8.63. The van der Waals surface area contributed by atoms with Crippen LogP contribution in [0.3, 0.4) is 0 Å². The maximum atomic E-state index is 5.75. The number of ether oxygens (including phenoxy) is 2. The monoisotopic (exact) mass is 316 g/mol. The highest BCUT2D eigenvalue weighted by atomic mass is 16.5. The molecule has 0 atom stereocenters. The molecular weight excluding hydrogens is 284 g/mol.